The molecule has 2 aromatic rings. The second-order valence-electron chi connectivity index (χ2n) is 5.45. The maximum Gasteiger partial charge on any atom is 0.101 e. The number of anilines is 1. The molecule has 3 rings (SSSR count). The van der Waals surface area contributed by atoms with E-state index in [2.05, 4.69) is 35.0 Å². The Labute approximate surface area is 119 Å². The molecule has 0 radical (unpaired) electrons. The maximum absolute atomic E-state index is 9.42. The van der Waals surface area contributed by atoms with Gasteiger partial charge in [-0.25, -0.2) is 4.98 Å². The van der Waals surface area contributed by atoms with Crippen molar-refractivity contribution in [2.45, 2.75) is 19.8 Å². The summed E-state index contributed by atoms with van der Waals surface area (Å²) in [7, 11) is 0. The molecule has 20 heavy (non-hydrogen) atoms. The van der Waals surface area contributed by atoms with Gasteiger partial charge in [-0.15, -0.1) is 0 Å². The molecule has 0 bridgehead atoms. The van der Waals surface area contributed by atoms with E-state index in [-0.39, 0.29) is 0 Å². The standard InChI is InChI=1S/C16H18N4/c1-13-4-7-19(8-5-13)16-3-2-15(10-14(16)11-17)20-9-6-18-12-20/h2-3,6,9-10,12-13H,4-5,7-8H2,1H3. The number of aromatic nitrogens is 2. The van der Waals surface area contributed by atoms with Gasteiger partial charge < -0.3 is 9.47 Å². The monoisotopic (exact) mass is 266 g/mol. The highest BCUT2D eigenvalue weighted by Crippen LogP contribution is 2.27. The van der Waals surface area contributed by atoms with E-state index >= 15 is 0 Å². The average molecular weight is 266 g/mol. The van der Waals surface area contributed by atoms with Crippen molar-refractivity contribution in [3.8, 4) is 11.8 Å². The summed E-state index contributed by atoms with van der Waals surface area (Å²) in [5, 5.41) is 9.42. The van der Waals surface area contributed by atoms with Gasteiger partial charge in [0, 0.05) is 31.2 Å². The molecule has 1 aliphatic heterocycles. The molecule has 0 N–H and O–H groups in total. The Balaban J connectivity index is 1.91. The van der Waals surface area contributed by atoms with Gasteiger partial charge in [0.05, 0.1) is 17.6 Å². The van der Waals surface area contributed by atoms with Gasteiger partial charge in [-0.05, 0) is 37.0 Å². The Morgan fingerprint density at radius 2 is 2.10 bits per heavy atom. The van der Waals surface area contributed by atoms with E-state index in [9.17, 15) is 5.26 Å². The fourth-order valence-electron chi connectivity index (χ4n) is 2.71. The van der Waals surface area contributed by atoms with Crippen LogP contribution in [0.2, 0.25) is 0 Å². The Kier molecular flexibility index (Phi) is 3.42. The van der Waals surface area contributed by atoms with Gasteiger partial charge in [0.25, 0.3) is 0 Å². The summed E-state index contributed by atoms with van der Waals surface area (Å²) in [6, 6.07) is 8.38. The van der Waals surface area contributed by atoms with Gasteiger partial charge in [-0.1, -0.05) is 6.92 Å². The molecule has 0 unspecified atom stereocenters. The maximum atomic E-state index is 9.42. The first-order chi connectivity index (χ1) is 9.78. The third-order valence-corrected chi connectivity index (χ3v) is 4.03. The number of benzene rings is 1. The molecule has 0 saturated carbocycles. The highest BCUT2D eigenvalue weighted by molar-refractivity contribution is 5.63. The molecular weight excluding hydrogens is 248 g/mol. The van der Waals surface area contributed by atoms with Gasteiger partial charge in [0.1, 0.15) is 6.07 Å². The first kappa shape index (κ1) is 12.7. The van der Waals surface area contributed by atoms with E-state index in [0.717, 1.165) is 35.9 Å². The first-order valence-electron chi connectivity index (χ1n) is 7.05. The normalized spacial score (nSPS) is 16.1. The van der Waals surface area contributed by atoms with Crippen LogP contribution in [0.4, 0.5) is 5.69 Å². The van der Waals surface area contributed by atoms with Crippen molar-refractivity contribution < 1.29 is 0 Å². The van der Waals surface area contributed by atoms with E-state index in [4.69, 9.17) is 0 Å². The zero-order chi connectivity index (χ0) is 13.9. The van der Waals surface area contributed by atoms with Crippen LogP contribution in [-0.4, -0.2) is 22.6 Å². The third-order valence-electron chi connectivity index (χ3n) is 4.03. The number of imidazole rings is 1. The summed E-state index contributed by atoms with van der Waals surface area (Å²) < 4.78 is 1.92. The topological polar surface area (TPSA) is 44.9 Å². The quantitative estimate of drug-likeness (QED) is 0.839. The largest absolute Gasteiger partial charge is 0.370 e. The van der Waals surface area contributed by atoms with E-state index in [0.29, 0.717) is 0 Å². The van der Waals surface area contributed by atoms with Crippen LogP contribution in [0.15, 0.2) is 36.9 Å². The Morgan fingerprint density at radius 3 is 2.75 bits per heavy atom. The van der Waals surface area contributed by atoms with Crippen LogP contribution < -0.4 is 4.90 Å². The van der Waals surface area contributed by atoms with Gasteiger partial charge >= 0.3 is 0 Å². The SMILES string of the molecule is CC1CCN(c2ccc(-n3ccnc3)cc2C#N)CC1. The molecule has 1 aromatic carbocycles. The second-order valence-corrected chi connectivity index (χ2v) is 5.45. The molecule has 0 spiro atoms. The van der Waals surface area contributed by atoms with Crippen LogP contribution in [0.25, 0.3) is 5.69 Å². The zero-order valence-corrected chi connectivity index (χ0v) is 11.7. The van der Waals surface area contributed by atoms with E-state index in [1.54, 1.807) is 12.5 Å². The molecule has 1 aliphatic rings. The van der Waals surface area contributed by atoms with Crippen molar-refractivity contribution in [2.24, 2.45) is 5.92 Å². The first-order valence-corrected chi connectivity index (χ1v) is 7.05. The van der Waals surface area contributed by atoms with E-state index in [1.165, 1.54) is 12.8 Å². The molecule has 102 valence electrons. The minimum atomic E-state index is 0.741. The van der Waals surface area contributed by atoms with Crippen LogP contribution in [0.5, 0.6) is 0 Å². The van der Waals surface area contributed by atoms with Crippen LogP contribution in [0, 0.1) is 17.2 Å². The summed E-state index contributed by atoms with van der Waals surface area (Å²) in [5.74, 6) is 0.794. The minimum absolute atomic E-state index is 0.741. The third kappa shape index (κ3) is 2.39. The van der Waals surface area contributed by atoms with Crippen LogP contribution in [-0.2, 0) is 0 Å². The van der Waals surface area contributed by atoms with Crippen molar-refractivity contribution in [1.29, 1.82) is 5.26 Å². The van der Waals surface area contributed by atoms with Gasteiger partial charge in [-0.2, -0.15) is 5.26 Å². The number of hydrogen-bond donors (Lipinski definition) is 0. The summed E-state index contributed by atoms with van der Waals surface area (Å²) in [4.78, 5) is 6.37. The molecule has 1 saturated heterocycles. The number of nitrogens with zero attached hydrogens (tertiary/aromatic N) is 4. The smallest absolute Gasteiger partial charge is 0.101 e. The predicted molar refractivity (Wildman–Crippen MR) is 78.9 cm³/mol. The molecule has 2 heterocycles. The van der Waals surface area contributed by atoms with Crippen LogP contribution in [0.1, 0.15) is 25.3 Å². The molecular formula is C16H18N4. The fraction of sp³-hybridized carbons (Fsp3) is 0.375. The lowest BCUT2D eigenvalue weighted by Crippen LogP contribution is -2.33. The molecule has 1 fully saturated rings. The summed E-state index contributed by atoms with van der Waals surface area (Å²) in [5.41, 5.74) is 2.78. The highest BCUT2D eigenvalue weighted by atomic mass is 15.1. The van der Waals surface area contributed by atoms with Crippen molar-refractivity contribution >= 4 is 5.69 Å². The second kappa shape index (κ2) is 5.38. The Bertz CT molecular complexity index is 616. The molecule has 4 nitrogen and oxygen atoms in total. The van der Waals surface area contributed by atoms with Crippen molar-refractivity contribution in [3.63, 3.8) is 0 Å². The summed E-state index contributed by atoms with van der Waals surface area (Å²) in [6.07, 6.45) is 7.78. The molecule has 0 amide bonds. The number of rotatable bonds is 2. The molecule has 0 atom stereocenters. The van der Waals surface area contributed by atoms with Crippen molar-refractivity contribution in [3.05, 3.63) is 42.5 Å². The fourth-order valence-corrected chi connectivity index (χ4v) is 2.71. The lowest BCUT2D eigenvalue weighted by Gasteiger charge is -2.32. The molecule has 4 heteroatoms. The van der Waals surface area contributed by atoms with E-state index in [1.807, 2.05) is 16.8 Å². The van der Waals surface area contributed by atoms with Gasteiger partial charge in [0.15, 0.2) is 0 Å². The Hall–Kier alpha value is -2.28. The van der Waals surface area contributed by atoms with E-state index < -0.39 is 0 Å². The highest BCUT2D eigenvalue weighted by Gasteiger charge is 2.18. The predicted octanol–water partition coefficient (Wildman–Crippen LogP) is 2.98. The average Bonchev–Trinajstić information content (AvgIpc) is 3.02. The lowest BCUT2D eigenvalue weighted by molar-refractivity contribution is 0.438. The van der Waals surface area contributed by atoms with Crippen LogP contribution in [0.3, 0.4) is 0 Å². The molecule has 0 aliphatic carbocycles. The number of hydrogen-bond acceptors (Lipinski definition) is 3. The number of piperidine rings is 1. The Morgan fingerprint density at radius 1 is 1.30 bits per heavy atom. The van der Waals surface area contributed by atoms with Crippen molar-refractivity contribution in [2.75, 3.05) is 18.0 Å². The van der Waals surface area contributed by atoms with Gasteiger partial charge in [0.2, 0.25) is 0 Å². The minimum Gasteiger partial charge on any atom is -0.370 e. The summed E-state index contributed by atoms with van der Waals surface area (Å²) in [6.45, 7) is 4.38. The lowest BCUT2D eigenvalue weighted by atomic mass is 9.98. The van der Waals surface area contributed by atoms with Crippen LogP contribution >= 0.6 is 0 Å². The molecule has 1 aromatic heterocycles. The number of nitriles is 1. The summed E-state index contributed by atoms with van der Waals surface area (Å²) >= 11 is 0. The zero-order valence-electron chi connectivity index (χ0n) is 11.7. The van der Waals surface area contributed by atoms with Gasteiger partial charge in [-0.3, -0.25) is 0 Å². The van der Waals surface area contributed by atoms with Crippen molar-refractivity contribution in [1.82, 2.24) is 9.55 Å².